The van der Waals surface area contributed by atoms with Gasteiger partial charge in [-0.3, -0.25) is 0 Å². The zero-order chi connectivity index (χ0) is 10.1. The van der Waals surface area contributed by atoms with E-state index >= 15 is 0 Å². The van der Waals surface area contributed by atoms with Crippen LogP contribution >= 0.6 is 0 Å². The molecular formula is C11H21NO. The number of carbonyl (C=O) groups excluding carboxylic acids is 1. The predicted molar refractivity (Wildman–Crippen MR) is 54.7 cm³/mol. The summed E-state index contributed by atoms with van der Waals surface area (Å²) in [6.07, 6.45) is 2.32. The molecule has 0 bridgehead atoms. The Hall–Kier alpha value is -0.370. The quantitative estimate of drug-likeness (QED) is 0.623. The maximum atomic E-state index is 10.7. The van der Waals surface area contributed by atoms with Gasteiger partial charge in [0.05, 0.1) is 0 Å². The predicted octanol–water partition coefficient (Wildman–Crippen LogP) is 1.94. The maximum Gasteiger partial charge on any atom is 0.126 e. The second-order valence-electron chi connectivity index (χ2n) is 5.73. The first kappa shape index (κ1) is 10.7. The Morgan fingerprint density at radius 2 is 2.08 bits per heavy atom. The molecule has 0 unspecified atom stereocenters. The van der Waals surface area contributed by atoms with E-state index in [1.165, 1.54) is 6.42 Å². The third-order valence-corrected chi connectivity index (χ3v) is 2.71. The van der Waals surface area contributed by atoms with Crippen LogP contribution in [0.5, 0.6) is 0 Å². The van der Waals surface area contributed by atoms with Gasteiger partial charge in [0.25, 0.3) is 0 Å². The van der Waals surface area contributed by atoms with E-state index in [-0.39, 0.29) is 5.41 Å². The fourth-order valence-corrected chi connectivity index (χ4v) is 1.97. The van der Waals surface area contributed by atoms with E-state index in [0.717, 1.165) is 25.9 Å². The molecule has 0 N–H and O–H groups in total. The van der Waals surface area contributed by atoms with Crippen molar-refractivity contribution in [2.75, 3.05) is 19.6 Å². The first-order chi connectivity index (χ1) is 5.85. The number of rotatable bonds is 3. The van der Waals surface area contributed by atoms with E-state index in [9.17, 15) is 4.79 Å². The van der Waals surface area contributed by atoms with Crippen LogP contribution in [0.3, 0.4) is 0 Å². The second-order valence-corrected chi connectivity index (χ2v) is 5.73. The van der Waals surface area contributed by atoms with Gasteiger partial charge in [-0.1, -0.05) is 27.7 Å². The average Bonchev–Trinajstić information content (AvgIpc) is 2.29. The molecule has 0 atom stereocenters. The topological polar surface area (TPSA) is 20.3 Å². The standard InChI is InChI=1S/C11H21NO/c1-10(2)5-6-12(7-10)8-11(3,4)9-13/h9H,5-8H2,1-4H3. The zero-order valence-electron chi connectivity index (χ0n) is 9.26. The van der Waals surface area contributed by atoms with Gasteiger partial charge in [0.15, 0.2) is 0 Å². The second kappa shape index (κ2) is 3.41. The molecule has 0 radical (unpaired) electrons. The molecule has 2 nitrogen and oxygen atoms in total. The van der Waals surface area contributed by atoms with Gasteiger partial charge in [0.1, 0.15) is 6.29 Å². The molecule has 2 heteroatoms. The molecular weight excluding hydrogens is 162 g/mol. The van der Waals surface area contributed by atoms with Crippen LogP contribution in [-0.4, -0.2) is 30.8 Å². The minimum absolute atomic E-state index is 0.180. The smallest absolute Gasteiger partial charge is 0.126 e. The van der Waals surface area contributed by atoms with E-state index in [1.807, 2.05) is 13.8 Å². The van der Waals surface area contributed by atoms with Gasteiger partial charge < -0.3 is 9.69 Å². The summed E-state index contributed by atoms with van der Waals surface area (Å²) in [4.78, 5) is 13.1. The molecule has 0 aromatic rings. The number of likely N-dealkylation sites (tertiary alicyclic amines) is 1. The Bertz CT molecular complexity index is 196. The summed E-state index contributed by atoms with van der Waals surface area (Å²) in [6, 6.07) is 0. The lowest BCUT2D eigenvalue weighted by atomic mass is 9.92. The van der Waals surface area contributed by atoms with E-state index in [0.29, 0.717) is 5.41 Å². The first-order valence-electron chi connectivity index (χ1n) is 5.03. The molecule has 0 spiro atoms. The van der Waals surface area contributed by atoms with Gasteiger partial charge in [-0.25, -0.2) is 0 Å². The van der Waals surface area contributed by atoms with E-state index < -0.39 is 0 Å². The Labute approximate surface area is 81.3 Å². The minimum atomic E-state index is -0.180. The van der Waals surface area contributed by atoms with Crippen LogP contribution in [0.2, 0.25) is 0 Å². The van der Waals surface area contributed by atoms with Gasteiger partial charge in [-0.15, -0.1) is 0 Å². The van der Waals surface area contributed by atoms with Crippen molar-refractivity contribution in [2.45, 2.75) is 34.1 Å². The van der Waals surface area contributed by atoms with E-state index in [2.05, 4.69) is 18.7 Å². The van der Waals surface area contributed by atoms with Crippen LogP contribution in [0.1, 0.15) is 34.1 Å². The van der Waals surface area contributed by atoms with Crippen molar-refractivity contribution in [3.63, 3.8) is 0 Å². The highest BCUT2D eigenvalue weighted by molar-refractivity contribution is 5.58. The van der Waals surface area contributed by atoms with Crippen molar-refractivity contribution in [3.8, 4) is 0 Å². The largest absolute Gasteiger partial charge is 0.303 e. The summed E-state index contributed by atoms with van der Waals surface area (Å²) < 4.78 is 0. The van der Waals surface area contributed by atoms with Gasteiger partial charge in [0, 0.05) is 18.5 Å². The maximum absolute atomic E-state index is 10.7. The Kier molecular flexibility index (Phi) is 2.81. The lowest BCUT2D eigenvalue weighted by Gasteiger charge is -2.26. The molecule has 1 saturated heterocycles. The normalized spacial score (nSPS) is 23.4. The highest BCUT2D eigenvalue weighted by Crippen LogP contribution is 2.30. The summed E-state index contributed by atoms with van der Waals surface area (Å²) in [7, 11) is 0. The van der Waals surface area contributed by atoms with Crippen molar-refractivity contribution < 1.29 is 4.79 Å². The van der Waals surface area contributed by atoms with Crippen LogP contribution in [0.15, 0.2) is 0 Å². The molecule has 0 amide bonds. The SMILES string of the molecule is CC(C)(C=O)CN1CCC(C)(C)C1. The first-order valence-corrected chi connectivity index (χ1v) is 5.03. The lowest BCUT2D eigenvalue weighted by molar-refractivity contribution is -0.115. The molecule has 1 aliphatic rings. The Morgan fingerprint density at radius 3 is 2.46 bits per heavy atom. The molecule has 76 valence electrons. The van der Waals surface area contributed by atoms with E-state index in [4.69, 9.17) is 0 Å². The summed E-state index contributed by atoms with van der Waals surface area (Å²) in [5.41, 5.74) is 0.263. The van der Waals surface area contributed by atoms with Crippen molar-refractivity contribution >= 4 is 6.29 Å². The number of carbonyl (C=O) groups is 1. The van der Waals surface area contributed by atoms with E-state index in [1.54, 1.807) is 0 Å². The number of hydrogen-bond donors (Lipinski definition) is 0. The summed E-state index contributed by atoms with van der Waals surface area (Å²) in [6.45, 7) is 11.8. The van der Waals surface area contributed by atoms with Crippen LogP contribution in [0.25, 0.3) is 0 Å². The van der Waals surface area contributed by atoms with Crippen LogP contribution < -0.4 is 0 Å². The average molecular weight is 183 g/mol. The van der Waals surface area contributed by atoms with Crippen molar-refractivity contribution in [1.29, 1.82) is 0 Å². The minimum Gasteiger partial charge on any atom is -0.303 e. The van der Waals surface area contributed by atoms with Crippen LogP contribution in [-0.2, 0) is 4.79 Å². The van der Waals surface area contributed by atoms with Gasteiger partial charge in [-0.05, 0) is 18.4 Å². The fraction of sp³-hybridized carbons (Fsp3) is 0.909. The molecule has 1 heterocycles. The van der Waals surface area contributed by atoms with Crippen molar-refractivity contribution in [1.82, 2.24) is 4.90 Å². The van der Waals surface area contributed by atoms with Crippen LogP contribution in [0, 0.1) is 10.8 Å². The highest BCUT2D eigenvalue weighted by atomic mass is 16.1. The van der Waals surface area contributed by atoms with Gasteiger partial charge >= 0.3 is 0 Å². The third-order valence-electron chi connectivity index (χ3n) is 2.71. The number of aldehydes is 1. The van der Waals surface area contributed by atoms with Crippen molar-refractivity contribution in [3.05, 3.63) is 0 Å². The lowest BCUT2D eigenvalue weighted by Crippen LogP contribution is -2.34. The number of hydrogen-bond acceptors (Lipinski definition) is 2. The number of nitrogens with zero attached hydrogens (tertiary/aromatic N) is 1. The molecule has 0 aromatic heterocycles. The molecule has 0 aromatic carbocycles. The fourth-order valence-electron chi connectivity index (χ4n) is 1.97. The molecule has 1 fully saturated rings. The summed E-state index contributed by atoms with van der Waals surface area (Å²) >= 11 is 0. The summed E-state index contributed by atoms with van der Waals surface area (Å²) in [5, 5.41) is 0. The highest BCUT2D eigenvalue weighted by Gasteiger charge is 2.32. The molecule has 0 aliphatic carbocycles. The van der Waals surface area contributed by atoms with Gasteiger partial charge in [0.2, 0.25) is 0 Å². The molecule has 1 aliphatic heterocycles. The molecule has 1 rings (SSSR count). The Balaban J connectivity index is 2.45. The third kappa shape index (κ3) is 3.11. The van der Waals surface area contributed by atoms with Crippen molar-refractivity contribution in [2.24, 2.45) is 10.8 Å². The molecule has 0 saturated carbocycles. The monoisotopic (exact) mass is 183 g/mol. The zero-order valence-corrected chi connectivity index (χ0v) is 9.26. The summed E-state index contributed by atoms with van der Waals surface area (Å²) in [5.74, 6) is 0. The Morgan fingerprint density at radius 1 is 1.46 bits per heavy atom. The van der Waals surface area contributed by atoms with Gasteiger partial charge in [-0.2, -0.15) is 0 Å². The molecule has 13 heavy (non-hydrogen) atoms. The van der Waals surface area contributed by atoms with Crippen LogP contribution in [0.4, 0.5) is 0 Å².